The van der Waals surface area contributed by atoms with Gasteiger partial charge >= 0.3 is 0 Å². The van der Waals surface area contributed by atoms with E-state index in [4.69, 9.17) is 5.73 Å². The summed E-state index contributed by atoms with van der Waals surface area (Å²) >= 11 is 0. The number of aryl methyl sites for hydroxylation is 1. The smallest absolute Gasteiger partial charge is 0.233 e. The zero-order valence-corrected chi connectivity index (χ0v) is 10.5. The van der Waals surface area contributed by atoms with Gasteiger partial charge in [0.1, 0.15) is 5.75 Å². The van der Waals surface area contributed by atoms with E-state index in [1.54, 1.807) is 12.1 Å². The average Bonchev–Trinajstić information content (AvgIpc) is 3.00. The first-order chi connectivity index (χ1) is 8.06. The van der Waals surface area contributed by atoms with Crippen molar-refractivity contribution in [2.24, 2.45) is 0 Å². The van der Waals surface area contributed by atoms with Gasteiger partial charge in [-0.2, -0.15) is 0 Å². The number of rotatable bonds is 4. The molecule has 3 N–H and O–H groups in total. The van der Waals surface area contributed by atoms with Gasteiger partial charge in [0, 0.05) is 11.7 Å². The van der Waals surface area contributed by atoms with Crippen molar-refractivity contribution >= 4 is 22.4 Å². The molecule has 0 radical (unpaired) electrons. The van der Waals surface area contributed by atoms with Gasteiger partial charge < -0.3 is 11.1 Å². The maximum atomic E-state index is 12.0. The van der Waals surface area contributed by atoms with E-state index in [9.17, 15) is 9.00 Å². The van der Waals surface area contributed by atoms with Crippen molar-refractivity contribution in [3.05, 3.63) is 23.8 Å². The molecule has 0 bridgehead atoms. The number of nitrogens with one attached hydrogen (secondary N) is 1. The maximum absolute atomic E-state index is 12.0. The Hall–Kier alpha value is -1.36. The monoisotopic (exact) mass is 252 g/mol. The van der Waals surface area contributed by atoms with E-state index < -0.39 is 10.8 Å². The highest BCUT2D eigenvalue weighted by Crippen LogP contribution is 2.20. The number of carbonyl (C=O) groups excluding carboxylic acids is 1. The standard InChI is InChI=1S/C12H16N2O2S/c1-8-2-5-11(10(13)6-8)17(16)7-12(15)14-9-3-4-9/h2,5-6,9H,3-4,7,13H2,1H3,(H,14,15). The van der Waals surface area contributed by atoms with Crippen molar-refractivity contribution in [1.29, 1.82) is 0 Å². The second-order valence-corrected chi connectivity index (χ2v) is 5.79. The van der Waals surface area contributed by atoms with E-state index in [1.807, 2.05) is 13.0 Å². The minimum absolute atomic E-state index is 0.0102. The van der Waals surface area contributed by atoms with Crippen LogP contribution in [0.2, 0.25) is 0 Å². The molecule has 92 valence electrons. The number of nitrogen functional groups attached to an aromatic ring is 1. The summed E-state index contributed by atoms with van der Waals surface area (Å²) in [6.45, 7) is 1.92. The Morgan fingerprint density at radius 2 is 2.24 bits per heavy atom. The van der Waals surface area contributed by atoms with E-state index in [1.165, 1.54) is 0 Å². The van der Waals surface area contributed by atoms with Crippen molar-refractivity contribution in [2.45, 2.75) is 30.7 Å². The summed E-state index contributed by atoms with van der Waals surface area (Å²) in [5.74, 6) is -0.171. The molecule has 1 aliphatic carbocycles. The molecular formula is C12H16N2O2S. The van der Waals surface area contributed by atoms with Crippen LogP contribution in [0.25, 0.3) is 0 Å². The predicted octanol–water partition coefficient (Wildman–Crippen LogP) is 0.963. The summed E-state index contributed by atoms with van der Waals surface area (Å²) in [6, 6.07) is 5.65. The number of hydrogen-bond donors (Lipinski definition) is 2. The van der Waals surface area contributed by atoms with Gasteiger partial charge in [0.15, 0.2) is 0 Å². The second-order valence-electron chi connectivity index (χ2n) is 4.37. The van der Waals surface area contributed by atoms with E-state index >= 15 is 0 Å². The highest BCUT2D eigenvalue weighted by atomic mass is 32.2. The second kappa shape index (κ2) is 4.87. The number of hydrogen-bond acceptors (Lipinski definition) is 3. The lowest BCUT2D eigenvalue weighted by Crippen LogP contribution is -2.30. The molecule has 0 saturated heterocycles. The van der Waals surface area contributed by atoms with Crippen molar-refractivity contribution in [2.75, 3.05) is 11.5 Å². The quantitative estimate of drug-likeness (QED) is 0.784. The third kappa shape index (κ3) is 3.30. The summed E-state index contributed by atoms with van der Waals surface area (Å²) in [4.78, 5) is 12.1. The summed E-state index contributed by atoms with van der Waals surface area (Å²) in [5, 5.41) is 2.81. The Bertz CT molecular complexity index is 470. The fourth-order valence-electron chi connectivity index (χ4n) is 1.57. The number of carbonyl (C=O) groups is 1. The van der Waals surface area contributed by atoms with Crippen LogP contribution >= 0.6 is 0 Å². The topological polar surface area (TPSA) is 72.2 Å². The van der Waals surface area contributed by atoms with Crippen LogP contribution in [0.1, 0.15) is 18.4 Å². The van der Waals surface area contributed by atoms with Crippen LogP contribution in [-0.4, -0.2) is 21.9 Å². The fraction of sp³-hybridized carbons (Fsp3) is 0.417. The highest BCUT2D eigenvalue weighted by molar-refractivity contribution is 7.86. The summed E-state index contributed by atoms with van der Waals surface area (Å²) in [6.07, 6.45) is 2.07. The lowest BCUT2D eigenvalue weighted by Gasteiger charge is -2.07. The average molecular weight is 252 g/mol. The zero-order chi connectivity index (χ0) is 12.4. The molecule has 1 atom stereocenters. The molecule has 0 heterocycles. The molecule has 0 aliphatic heterocycles. The molecule has 17 heavy (non-hydrogen) atoms. The molecule has 1 unspecified atom stereocenters. The zero-order valence-electron chi connectivity index (χ0n) is 9.73. The molecule has 2 rings (SSSR count). The molecule has 1 fully saturated rings. The Kier molecular flexibility index (Phi) is 3.47. The van der Waals surface area contributed by atoms with Crippen molar-refractivity contribution in [3.8, 4) is 0 Å². The molecular weight excluding hydrogens is 236 g/mol. The molecule has 1 saturated carbocycles. The Morgan fingerprint density at radius 1 is 1.53 bits per heavy atom. The molecule has 1 amide bonds. The first kappa shape index (κ1) is 12.1. The van der Waals surface area contributed by atoms with Gasteiger partial charge in [-0.05, 0) is 37.5 Å². The van der Waals surface area contributed by atoms with Gasteiger partial charge in [-0.25, -0.2) is 0 Å². The molecule has 1 aromatic rings. The lowest BCUT2D eigenvalue weighted by atomic mass is 10.2. The SMILES string of the molecule is Cc1ccc(S(=O)CC(=O)NC2CC2)c(N)c1. The van der Waals surface area contributed by atoms with Gasteiger partial charge in [-0.1, -0.05) is 6.07 Å². The molecule has 0 aromatic heterocycles. The lowest BCUT2D eigenvalue weighted by molar-refractivity contribution is -0.118. The van der Waals surface area contributed by atoms with Gasteiger partial charge in [-0.15, -0.1) is 0 Å². The van der Waals surface area contributed by atoms with Crippen LogP contribution in [0.4, 0.5) is 5.69 Å². The van der Waals surface area contributed by atoms with Crippen molar-refractivity contribution < 1.29 is 9.00 Å². The van der Waals surface area contributed by atoms with Crippen LogP contribution in [0.5, 0.6) is 0 Å². The third-order valence-electron chi connectivity index (χ3n) is 2.62. The van der Waals surface area contributed by atoms with Gasteiger partial charge in [0.2, 0.25) is 5.91 Å². The number of amides is 1. The fourth-order valence-corrected chi connectivity index (χ4v) is 2.59. The molecule has 1 aromatic carbocycles. The van der Waals surface area contributed by atoms with Gasteiger partial charge in [-0.3, -0.25) is 9.00 Å². The largest absolute Gasteiger partial charge is 0.398 e. The van der Waals surface area contributed by atoms with Gasteiger partial charge in [0.05, 0.1) is 15.7 Å². The molecule has 1 aliphatic rings. The Morgan fingerprint density at radius 3 is 2.82 bits per heavy atom. The Labute approximate surface area is 103 Å². The van der Waals surface area contributed by atoms with Crippen LogP contribution < -0.4 is 11.1 Å². The summed E-state index contributed by atoms with van der Waals surface area (Å²) in [5.41, 5.74) is 7.29. The van der Waals surface area contributed by atoms with Crippen LogP contribution in [0.3, 0.4) is 0 Å². The minimum atomic E-state index is -1.36. The van der Waals surface area contributed by atoms with E-state index in [0.717, 1.165) is 18.4 Å². The van der Waals surface area contributed by atoms with Crippen LogP contribution in [0.15, 0.2) is 23.1 Å². The minimum Gasteiger partial charge on any atom is -0.398 e. The number of nitrogens with two attached hydrogens (primary N) is 1. The molecule has 4 nitrogen and oxygen atoms in total. The summed E-state index contributed by atoms with van der Waals surface area (Å²) < 4.78 is 12.0. The highest BCUT2D eigenvalue weighted by Gasteiger charge is 2.24. The van der Waals surface area contributed by atoms with E-state index in [-0.39, 0.29) is 11.7 Å². The Balaban J connectivity index is 2.00. The van der Waals surface area contributed by atoms with E-state index in [0.29, 0.717) is 16.6 Å². The predicted molar refractivity (Wildman–Crippen MR) is 68.0 cm³/mol. The van der Waals surface area contributed by atoms with Crippen molar-refractivity contribution in [1.82, 2.24) is 5.32 Å². The maximum Gasteiger partial charge on any atom is 0.233 e. The van der Waals surface area contributed by atoms with Crippen LogP contribution in [-0.2, 0) is 15.6 Å². The number of benzene rings is 1. The molecule has 0 spiro atoms. The van der Waals surface area contributed by atoms with Crippen molar-refractivity contribution in [3.63, 3.8) is 0 Å². The summed E-state index contributed by atoms with van der Waals surface area (Å²) in [7, 11) is -1.36. The molecule has 5 heteroatoms. The first-order valence-electron chi connectivity index (χ1n) is 5.60. The normalized spacial score (nSPS) is 16.5. The van der Waals surface area contributed by atoms with E-state index in [2.05, 4.69) is 5.32 Å². The first-order valence-corrected chi connectivity index (χ1v) is 6.92. The number of anilines is 1. The van der Waals surface area contributed by atoms with Crippen LogP contribution in [0, 0.1) is 6.92 Å². The van der Waals surface area contributed by atoms with Gasteiger partial charge in [0.25, 0.3) is 0 Å². The third-order valence-corrected chi connectivity index (χ3v) is 4.00.